The average molecular weight is 526 g/mol. The lowest BCUT2D eigenvalue weighted by Crippen LogP contribution is -2.31. The van der Waals surface area contributed by atoms with E-state index in [1.54, 1.807) is 42.7 Å². The highest BCUT2D eigenvalue weighted by atomic mass is 16.6. The number of benzene rings is 3. The third-order valence-electron chi connectivity index (χ3n) is 6.59. The van der Waals surface area contributed by atoms with Crippen molar-refractivity contribution in [2.75, 3.05) is 49.3 Å². The molecule has 0 fully saturated rings. The molecule has 3 rings (SSSR count). The minimum Gasteiger partial charge on any atom is -0.493 e. The topological polar surface area (TPSA) is 105 Å². The molecule has 3 aromatic rings. The van der Waals surface area contributed by atoms with Crippen LogP contribution < -0.4 is 28.4 Å². The molecule has 0 atom stereocenters. The van der Waals surface area contributed by atoms with Gasteiger partial charge in [-0.2, -0.15) is 0 Å². The zero-order chi connectivity index (χ0) is 27.7. The van der Waals surface area contributed by atoms with Crippen molar-refractivity contribution in [3.05, 3.63) is 71.3 Å². The van der Waals surface area contributed by atoms with Crippen LogP contribution in [0.4, 0.5) is 0 Å². The van der Waals surface area contributed by atoms with Gasteiger partial charge in [0.05, 0.1) is 42.7 Å². The smallest absolute Gasteiger partial charge is 0.493 e. The Kier molecular flexibility index (Phi) is 10.1. The van der Waals surface area contributed by atoms with Gasteiger partial charge in [-0.15, -0.1) is 0 Å². The third kappa shape index (κ3) is 5.93. The maximum atomic E-state index is 9.25. The van der Waals surface area contributed by atoms with Crippen molar-refractivity contribution in [1.29, 1.82) is 0 Å². The molecule has 0 heterocycles. The molecule has 0 aliphatic rings. The van der Waals surface area contributed by atoms with Gasteiger partial charge in [0.25, 0.3) is 0 Å². The molecule has 0 aliphatic carbocycles. The third-order valence-corrected chi connectivity index (χ3v) is 6.59. The molecule has 0 amide bonds. The molecule has 38 heavy (non-hydrogen) atoms. The lowest BCUT2D eigenvalue weighted by atomic mass is 9.66. The molecule has 0 bridgehead atoms. The van der Waals surface area contributed by atoms with E-state index >= 15 is 0 Å². The van der Waals surface area contributed by atoms with Gasteiger partial charge in [0.2, 0.25) is 0 Å². The van der Waals surface area contributed by atoms with E-state index in [0.717, 1.165) is 16.7 Å². The Morgan fingerprint density at radius 3 is 1.18 bits per heavy atom. The summed E-state index contributed by atoms with van der Waals surface area (Å²) < 4.78 is 38.5. The van der Waals surface area contributed by atoms with Gasteiger partial charge in [0.15, 0.2) is 34.5 Å². The second kappa shape index (κ2) is 13.3. The van der Waals surface area contributed by atoms with Crippen LogP contribution in [0.3, 0.4) is 0 Å². The molecule has 10 heteroatoms. The first-order valence-electron chi connectivity index (χ1n) is 12.0. The molecule has 0 aromatic heterocycles. The number of methoxy groups -OCH3 is 6. The van der Waals surface area contributed by atoms with Crippen LogP contribution in [0.25, 0.3) is 0 Å². The summed E-state index contributed by atoms with van der Waals surface area (Å²) in [5, 5.41) is 18.5. The minimum absolute atomic E-state index is 0.118. The molecular formula is C28H35BO9. The van der Waals surface area contributed by atoms with Crippen LogP contribution in [0.5, 0.6) is 34.5 Å². The fourth-order valence-corrected chi connectivity index (χ4v) is 4.76. The molecular weight excluding hydrogens is 491 g/mol. The summed E-state index contributed by atoms with van der Waals surface area (Å²) in [6, 6.07) is 17.3. The Labute approximate surface area is 224 Å². The largest absolute Gasteiger partial charge is 0.633 e. The van der Waals surface area contributed by atoms with Gasteiger partial charge in [-0.25, -0.2) is 0 Å². The summed E-state index contributed by atoms with van der Waals surface area (Å²) in [6.07, 6.45) is 0.995. The maximum absolute atomic E-state index is 9.25. The van der Waals surface area contributed by atoms with E-state index in [2.05, 4.69) is 0 Å². The zero-order valence-corrected chi connectivity index (χ0v) is 22.6. The summed E-state index contributed by atoms with van der Waals surface area (Å²) >= 11 is 0. The minimum atomic E-state index is -1.85. The van der Waals surface area contributed by atoms with E-state index in [9.17, 15) is 10.0 Å². The van der Waals surface area contributed by atoms with Gasteiger partial charge in [0.1, 0.15) is 0 Å². The van der Waals surface area contributed by atoms with Crippen molar-refractivity contribution in [1.82, 2.24) is 0 Å². The van der Waals surface area contributed by atoms with Crippen LogP contribution in [-0.4, -0.2) is 66.6 Å². The number of hydrogen-bond acceptors (Lipinski definition) is 9. The highest BCUT2D eigenvalue weighted by molar-refractivity contribution is 6.32. The monoisotopic (exact) mass is 526 g/mol. The van der Waals surface area contributed by atoms with Crippen LogP contribution >= 0.6 is 0 Å². The van der Waals surface area contributed by atoms with Crippen molar-refractivity contribution in [3.8, 4) is 34.5 Å². The van der Waals surface area contributed by atoms with Gasteiger partial charge < -0.3 is 43.1 Å². The molecule has 0 saturated carbocycles. The lowest BCUT2D eigenvalue weighted by Gasteiger charge is -2.37. The van der Waals surface area contributed by atoms with Crippen LogP contribution in [0.1, 0.15) is 29.5 Å². The number of hydrogen-bond donors (Lipinski definition) is 2. The van der Waals surface area contributed by atoms with Gasteiger partial charge in [-0.05, 0) is 65.9 Å². The summed E-state index contributed by atoms with van der Waals surface area (Å²) in [4.78, 5) is 0. The zero-order valence-electron chi connectivity index (χ0n) is 22.6. The molecule has 0 saturated heterocycles. The van der Waals surface area contributed by atoms with Crippen molar-refractivity contribution in [2.24, 2.45) is 0 Å². The van der Waals surface area contributed by atoms with Gasteiger partial charge in [-0.3, -0.25) is 0 Å². The van der Waals surface area contributed by atoms with Crippen LogP contribution in [0.2, 0.25) is 0 Å². The first-order chi connectivity index (χ1) is 18.4. The summed E-state index contributed by atoms with van der Waals surface area (Å²) in [5.41, 5.74) is 1.92. The van der Waals surface area contributed by atoms with E-state index in [0.29, 0.717) is 47.3 Å². The highest BCUT2D eigenvalue weighted by Gasteiger charge is 2.38. The van der Waals surface area contributed by atoms with E-state index in [1.165, 1.54) is 0 Å². The van der Waals surface area contributed by atoms with Crippen LogP contribution in [-0.2, 0) is 10.1 Å². The standard InChI is InChI=1S/C28H35BO9/c1-32-22-11-8-19(16-25(22)35-4)28(14-7-15-38-29(30)31,20-9-12-23(33-2)26(17-20)36-5)21-10-13-24(34-3)27(18-21)37-6/h8-13,16-18,30-31H,7,14-15H2,1-6H3. The molecule has 2 N–H and O–H groups in total. The van der Waals surface area contributed by atoms with Crippen LogP contribution in [0, 0.1) is 0 Å². The maximum Gasteiger partial charge on any atom is 0.633 e. The molecule has 204 valence electrons. The predicted molar refractivity (Wildman–Crippen MR) is 144 cm³/mol. The summed E-state index contributed by atoms with van der Waals surface area (Å²) in [7, 11) is 7.68. The van der Waals surface area contributed by atoms with Gasteiger partial charge >= 0.3 is 7.32 Å². The van der Waals surface area contributed by atoms with E-state index in [4.69, 9.17) is 33.1 Å². The predicted octanol–water partition coefficient (Wildman–Crippen LogP) is 3.84. The number of ether oxygens (including phenoxy) is 6. The van der Waals surface area contributed by atoms with Crippen molar-refractivity contribution in [2.45, 2.75) is 18.3 Å². The van der Waals surface area contributed by atoms with E-state index in [1.807, 2.05) is 54.6 Å². The normalized spacial score (nSPS) is 11.1. The summed E-state index contributed by atoms with van der Waals surface area (Å²) in [5.74, 6) is 3.48. The second-order valence-electron chi connectivity index (χ2n) is 8.42. The van der Waals surface area contributed by atoms with Gasteiger partial charge in [0, 0.05) is 12.0 Å². The molecule has 9 nitrogen and oxygen atoms in total. The quantitative estimate of drug-likeness (QED) is 0.184. The van der Waals surface area contributed by atoms with Crippen LogP contribution in [0.15, 0.2) is 54.6 Å². The second-order valence-corrected chi connectivity index (χ2v) is 8.42. The van der Waals surface area contributed by atoms with Gasteiger partial charge in [-0.1, -0.05) is 18.2 Å². The SMILES string of the molecule is COc1ccc(C(CCCOB(O)O)(c2ccc(OC)c(OC)c2)c2ccc(OC)c(OC)c2)cc1OC. The molecule has 0 spiro atoms. The van der Waals surface area contributed by atoms with Crippen molar-refractivity contribution < 1.29 is 43.1 Å². The first kappa shape index (κ1) is 29.0. The fourth-order valence-electron chi connectivity index (χ4n) is 4.76. The Morgan fingerprint density at radius 1 is 0.553 bits per heavy atom. The lowest BCUT2D eigenvalue weighted by molar-refractivity contribution is 0.179. The molecule has 0 aliphatic heterocycles. The molecule has 3 aromatic carbocycles. The fraction of sp³-hybridized carbons (Fsp3) is 0.357. The van der Waals surface area contributed by atoms with E-state index in [-0.39, 0.29) is 6.61 Å². The first-order valence-corrected chi connectivity index (χ1v) is 12.0. The Bertz CT molecular complexity index is 1060. The van der Waals surface area contributed by atoms with Crippen molar-refractivity contribution in [3.63, 3.8) is 0 Å². The van der Waals surface area contributed by atoms with Crippen molar-refractivity contribution >= 4 is 7.32 Å². The average Bonchev–Trinajstić information content (AvgIpc) is 2.96. The molecule has 0 unspecified atom stereocenters. The Morgan fingerprint density at radius 2 is 0.895 bits per heavy atom. The number of rotatable bonds is 14. The summed E-state index contributed by atoms with van der Waals surface area (Å²) in [6.45, 7) is 0.118. The Hall–Kier alpha value is -3.60. The Balaban J connectivity index is 2.37. The highest BCUT2D eigenvalue weighted by Crippen LogP contribution is 2.49. The molecule has 0 radical (unpaired) electrons. The van der Waals surface area contributed by atoms with E-state index < -0.39 is 12.7 Å².